The molecule has 0 bridgehead atoms. The lowest BCUT2D eigenvalue weighted by atomic mass is 10.2. The molecular formula is C13H13IN2O3. The third-order valence-electron chi connectivity index (χ3n) is 2.41. The van der Waals surface area contributed by atoms with Gasteiger partial charge >= 0.3 is 0 Å². The molecule has 2 rings (SSSR count). The van der Waals surface area contributed by atoms with Crippen LogP contribution in [0.15, 0.2) is 28.8 Å². The van der Waals surface area contributed by atoms with Gasteiger partial charge in [0.15, 0.2) is 6.61 Å². The summed E-state index contributed by atoms with van der Waals surface area (Å²) in [5.41, 5.74) is 1.92. The van der Waals surface area contributed by atoms with E-state index in [0.717, 1.165) is 9.26 Å². The van der Waals surface area contributed by atoms with Gasteiger partial charge in [-0.1, -0.05) is 6.07 Å². The molecule has 1 aromatic carbocycles. The minimum absolute atomic E-state index is 0.101. The lowest BCUT2D eigenvalue weighted by Gasteiger charge is -2.07. The Hall–Kier alpha value is -1.57. The number of hydrogen-bond donors (Lipinski definition) is 1. The minimum Gasteiger partial charge on any atom is -0.465 e. The predicted molar refractivity (Wildman–Crippen MR) is 79.3 cm³/mol. The molecule has 1 heterocycles. The van der Waals surface area contributed by atoms with E-state index in [0.29, 0.717) is 11.6 Å². The molecule has 0 aliphatic heterocycles. The van der Waals surface area contributed by atoms with E-state index in [1.165, 1.54) is 5.56 Å². The molecule has 0 aliphatic rings. The fourth-order valence-corrected chi connectivity index (χ4v) is 1.93. The van der Waals surface area contributed by atoms with E-state index in [9.17, 15) is 4.79 Å². The van der Waals surface area contributed by atoms with Gasteiger partial charge in [-0.25, -0.2) is 0 Å². The summed E-state index contributed by atoms with van der Waals surface area (Å²) in [5, 5.41) is 6.40. The molecular weight excluding hydrogens is 359 g/mol. The van der Waals surface area contributed by atoms with Crippen LogP contribution < -0.4 is 10.1 Å². The monoisotopic (exact) mass is 372 g/mol. The lowest BCUT2D eigenvalue weighted by Crippen LogP contribution is -2.20. The molecule has 0 atom stereocenters. The second kappa shape index (κ2) is 6.05. The van der Waals surface area contributed by atoms with Gasteiger partial charge in [-0.3, -0.25) is 4.79 Å². The highest BCUT2D eigenvalue weighted by molar-refractivity contribution is 14.1. The van der Waals surface area contributed by atoms with E-state index in [1.54, 1.807) is 13.0 Å². The maximum atomic E-state index is 11.7. The number of nitrogens with zero attached hydrogens (tertiary/aromatic N) is 1. The van der Waals surface area contributed by atoms with Crippen LogP contribution in [-0.2, 0) is 4.79 Å². The van der Waals surface area contributed by atoms with Crippen LogP contribution in [0, 0.1) is 17.4 Å². The Kier molecular flexibility index (Phi) is 4.41. The van der Waals surface area contributed by atoms with Gasteiger partial charge in [0.25, 0.3) is 11.8 Å². The van der Waals surface area contributed by atoms with Crippen LogP contribution in [0.3, 0.4) is 0 Å². The third-order valence-corrected chi connectivity index (χ3v) is 3.58. The van der Waals surface area contributed by atoms with Gasteiger partial charge in [0.2, 0.25) is 0 Å². The quantitative estimate of drug-likeness (QED) is 0.839. The predicted octanol–water partition coefficient (Wildman–Crippen LogP) is 2.91. The first-order valence-electron chi connectivity index (χ1n) is 5.67. The Morgan fingerprint density at radius 3 is 2.84 bits per heavy atom. The maximum absolute atomic E-state index is 11.7. The van der Waals surface area contributed by atoms with Gasteiger partial charge in [0.05, 0.1) is 0 Å². The number of amides is 1. The van der Waals surface area contributed by atoms with Crippen LogP contribution in [0.4, 0.5) is 5.69 Å². The van der Waals surface area contributed by atoms with Crippen LogP contribution in [0.25, 0.3) is 0 Å². The van der Waals surface area contributed by atoms with E-state index in [4.69, 9.17) is 9.26 Å². The van der Waals surface area contributed by atoms with Crippen LogP contribution in [0.2, 0.25) is 0 Å². The third kappa shape index (κ3) is 3.95. The van der Waals surface area contributed by atoms with Crippen molar-refractivity contribution in [3.05, 3.63) is 39.2 Å². The largest absolute Gasteiger partial charge is 0.465 e. The maximum Gasteiger partial charge on any atom is 0.262 e. The molecule has 0 fully saturated rings. The van der Waals surface area contributed by atoms with Crippen molar-refractivity contribution in [2.24, 2.45) is 0 Å². The number of aromatic nitrogens is 1. The van der Waals surface area contributed by atoms with Gasteiger partial charge in [-0.15, -0.1) is 0 Å². The Bertz CT molecular complexity index is 595. The molecule has 1 amide bonds. The van der Waals surface area contributed by atoms with Gasteiger partial charge in [-0.2, -0.15) is 0 Å². The fourth-order valence-electron chi connectivity index (χ4n) is 1.42. The summed E-state index contributed by atoms with van der Waals surface area (Å²) in [5.74, 6) is 0.718. The van der Waals surface area contributed by atoms with Crippen molar-refractivity contribution in [3.8, 4) is 5.88 Å². The highest BCUT2D eigenvalue weighted by Crippen LogP contribution is 2.17. The molecule has 0 saturated heterocycles. The standard InChI is InChI=1S/C13H13IN2O3/c1-8-3-4-10(6-11(8)14)15-12(17)7-18-13-5-9(2)19-16-13/h3-6H,7H2,1-2H3,(H,15,17). The van der Waals surface area contributed by atoms with Gasteiger partial charge in [0, 0.05) is 15.3 Å². The Morgan fingerprint density at radius 1 is 1.42 bits per heavy atom. The highest BCUT2D eigenvalue weighted by Gasteiger charge is 2.07. The molecule has 6 heteroatoms. The molecule has 19 heavy (non-hydrogen) atoms. The Labute approximate surface area is 124 Å². The molecule has 0 radical (unpaired) electrons. The number of carbonyl (C=O) groups excluding carboxylic acids is 1. The van der Waals surface area contributed by atoms with Gasteiger partial charge in [-0.05, 0) is 59.3 Å². The molecule has 0 aliphatic carbocycles. The first-order chi connectivity index (χ1) is 9.04. The summed E-state index contributed by atoms with van der Waals surface area (Å²) in [6.07, 6.45) is 0. The zero-order valence-electron chi connectivity index (χ0n) is 10.6. The van der Waals surface area contributed by atoms with Crippen molar-refractivity contribution in [1.29, 1.82) is 0 Å². The number of ether oxygens (including phenoxy) is 1. The molecule has 0 saturated carbocycles. The fraction of sp³-hybridized carbons (Fsp3) is 0.231. The van der Waals surface area contributed by atoms with E-state index in [2.05, 4.69) is 33.1 Å². The summed E-state index contributed by atoms with van der Waals surface area (Å²) >= 11 is 2.23. The van der Waals surface area contributed by atoms with Crippen molar-refractivity contribution in [3.63, 3.8) is 0 Å². The highest BCUT2D eigenvalue weighted by atomic mass is 127. The van der Waals surface area contributed by atoms with Crippen molar-refractivity contribution >= 4 is 34.2 Å². The molecule has 2 aromatic rings. The average Bonchev–Trinajstić information content (AvgIpc) is 2.77. The van der Waals surface area contributed by atoms with Crippen molar-refractivity contribution in [2.45, 2.75) is 13.8 Å². The SMILES string of the molecule is Cc1cc(OCC(=O)Nc2ccc(C)c(I)c2)no1. The summed E-state index contributed by atoms with van der Waals surface area (Å²) in [6, 6.07) is 7.35. The Morgan fingerprint density at radius 2 is 2.21 bits per heavy atom. The number of benzene rings is 1. The molecule has 100 valence electrons. The number of nitrogens with one attached hydrogen (secondary N) is 1. The number of carbonyl (C=O) groups is 1. The Balaban J connectivity index is 1.88. The number of hydrogen-bond acceptors (Lipinski definition) is 4. The lowest BCUT2D eigenvalue weighted by molar-refractivity contribution is -0.118. The van der Waals surface area contributed by atoms with Crippen LogP contribution in [0.1, 0.15) is 11.3 Å². The van der Waals surface area contributed by atoms with Crippen LogP contribution in [-0.4, -0.2) is 17.7 Å². The smallest absolute Gasteiger partial charge is 0.262 e. The second-order valence-corrected chi connectivity index (χ2v) is 5.24. The average molecular weight is 372 g/mol. The molecule has 0 unspecified atom stereocenters. The molecule has 0 spiro atoms. The number of anilines is 1. The topological polar surface area (TPSA) is 64.4 Å². The summed E-state index contributed by atoms with van der Waals surface area (Å²) in [7, 11) is 0. The van der Waals surface area contributed by atoms with E-state index < -0.39 is 0 Å². The van der Waals surface area contributed by atoms with E-state index in [-0.39, 0.29) is 12.5 Å². The summed E-state index contributed by atoms with van der Waals surface area (Å²) in [6.45, 7) is 3.67. The number of halogens is 1. The van der Waals surface area contributed by atoms with Crippen LogP contribution >= 0.6 is 22.6 Å². The zero-order valence-corrected chi connectivity index (χ0v) is 12.7. The summed E-state index contributed by atoms with van der Waals surface area (Å²) < 4.78 is 11.1. The van der Waals surface area contributed by atoms with Crippen molar-refractivity contribution in [1.82, 2.24) is 5.16 Å². The van der Waals surface area contributed by atoms with Crippen molar-refractivity contribution < 1.29 is 14.1 Å². The zero-order chi connectivity index (χ0) is 13.8. The minimum atomic E-state index is -0.236. The molecule has 1 N–H and O–H groups in total. The first kappa shape index (κ1) is 13.9. The molecule has 1 aromatic heterocycles. The van der Waals surface area contributed by atoms with E-state index >= 15 is 0 Å². The summed E-state index contributed by atoms with van der Waals surface area (Å²) in [4.78, 5) is 11.7. The van der Waals surface area contributed by atoms with E-state index in [1.807, 2.05) is 25.1 Å². The van der Waals surface area contributed by atoms with Gasteiger partial charge < -0.3 is 14.6 Å². The van der Waals surface area contributed by atoms with Crippen LogP contribution in [0.5, 0.6) is 5.88 Å². The second-order valence-electron chi connectivity index (χ2n) is 4.08. The molecule has 5 nitrogen and oxygen atoms in total. The number of aryl methyl sites for hydroxylation is 2. The van der Waals surface area contributed by atoms with Crippen molar-refractivity contribution in [2.75, 3.05) is 11.9 Å². The number of rotatable bonds is 4. The first-order valence-corrected chi connectivity index (χ1v) is 6.74. The normalized spacial score (nSPS) is 10.3. The van der Waals surface area contributed by atoms with Gasteiger partial charge in [0.1, 0.15) is 5.76 Å².